The summed E-state index contributed by atoms with van der Waals surface area (Å²) in [6.07, 6.45) is 8.63. The Morgan fingerprint density at radius 1 is 1.00 bits per heavy atom. The zero-order valence-corrected chi connectivity index (χ0v) is 28.0. The number of nitrogens with zero attached hydrogens (tertiary/aromatic N) is 3. The summed E-state index contributed by atoms with van der Waals surface area (Å²) in [4.78, 5) is 38.7. The quantitative estimate of drug-likeness (QED) is 0.136. The fraction of sp³-hybridized carbons (Fsp3) is 0.394. The molecule has 1 amide bonds. The summed E-state index contributed by atoms with van der Waals surface area (Å²) in [6.45, 7) is 4.60. The van der Waals surface area contributed by atoms with E-state index in [-0.39, 0.29) is 22.1 Å². The molecule has 0 saturated heterocycles. The number of carbonyl (C=O) groups is 1. The van der Waals surface area contributed by atoms with E-state index in [1.165, 1.54) is 28.8 Å². The highest BCUT2D eigenvalue weighted by Gasteiger charge is 2.24. The Hall–Kier alpha value is -3.48. The summed E-state index contributed by atoms with van der Waals surface area (Å²) in [5.74, 6) is 0.124. The number of hydrogen-bond donors (Lipinski definition) is 2. The van der Waals surface area contributed by atoms with E-state index in [2.05, 4.69) is 15.0 Å². The number of aliphatic imine (C=N–C) groups is 1. The second-order valence-corrected chi connectivity index (χ2v) is 15.4. The van der Waals surface area contributed by atoms with Gasteiger partial charge in [0.15, 0.2) is 5.16 Å². The maximum atomic E-state index is 14.2. The minimum absolute atomic E-state index is 0.0139. The molecule has 2 aromatic carbocycles. The Morgan fingerprint density at radius 2 is 1.80 bits per heavy atom. The average Bonchev–Trinajstić information content (AvgIpc) is 3.16. The molecule has 1 aliphatic heterocycles. The molecule has 6 rings (SSSR count). The van der Waals surface area contributed by atoms with Gasteiger partial charge in [0.1, 0.15) is 10.7 Å². The number of anilines is 1. The first-order valence-corrected chi connectivity index (χ1v) is 18.7. The highest BCUT2D eigenvalue weighted by molar-refractivity contribution is 7.99. The van der Waals surface area contributed by atoms with Gasteiger partial charge in [0.25, 0.3) is 15.6 Å². The molecule has 4 aromatic rings. The van der Waals surface area contributed by atoms with Crippen LogP contribution in [0.2, 0.25) is 0 Å². The molecule has 0 fully saturated rings. The number of rotatable bonds is 7. The first-order valence-electron chi connectivity index (χ1n) is 15.4. The van der Waals surface area contributed by atoms with Gasteiger partial charge in [0.2, 0.25) is 5.91 Å². The lowest BCUT2D eigenvalue weighted by Gasteiger charge is -2.15. The largest absolute Gasteiger partial charge is 0.325 e. The molecule has 45 heavy (non-hydrogen) atoms. The molecule has 2 N–H and O–H groups in total. The average molecular weight is 664 g/mol. The fourth-order valence-electron chi connectivity index (χ4n) is 5.97. The number of carbonyl (C=O) groups excluding carboxylic acids is 1. The van der Waals surface area contributed by atoms with Crippen molar-refractivity contribution >= 4 is 60.8 Å². The summed E-state index contributed by atoms with van der Waals surface area (Å²) in [7, 11) is -3.85. The predicted octanol–water partition coefficient (Wildman–Crippen LogP) is 6.31. The molecule has 0 atom stereocenters. The Kier molecular flexibility index (Phi) is 9.44. The van der Waals surface area contributed by atoms with Crippen LogP contribution in [0.3, 0.4) is 0 Å². The Bertz CT molecular complexity index is 1960. The third-order valence-electron chi connectivity index (χ3n) is 8.19. The van der Waals surface area contributed by atoms with E-state index in [1.807, 2.05) is 32.0 Å². The number of fused-ring (bicyclic) bond motifs is 3. The van der Waals surface area contributed by atoms with Crippen LogP contribution >= 0.6 is 23.1 Å². The number of hydrogen-bond acceptors (Lipinski definition) is 8. The van der Waals surface area contributed by atoms with Crippen molar-refractivity contribution in [3.05, 3.63) is 74.4 Å². The van der Waals surface area contributed by atoms with Crippen molar-refractivity contribution in [2.75, 3.05) is 17.6 Å². The second kappa shape index (κ2) is 13.5. The van der Waals surface area contributed by atoms with Crippen molar-refractivity contribution < 1.29 is 13.2 Å². The lowest BCUT2D eigenvalue weighted by atomic mass is 10.1. The number of thiophene rings is 1. The van der Waals surface area contributed by atoms with Crippen molar-refractivity contribution in [2.45, 2.75) is 81.7 Å². The summed E-state index contributed by atoms with van der Waals surface area (Å²) in [5, 5.41) is 3.98. The van der Waals surface area contributed by atoms with Crippen LogP contribution in [0.15, 0.2) is 62.3 Å². The Morgan fingerprint density at radius 3 is 2.64 bits per heavy atom. The lowest BCUT2D eigenvalue weighted by molar-refractivity contribution is -0.113. The number of benzene rings is 2. The lowest BCUT2D eigenvalue weighted by Crippen LogP contribution is -2.30. The third kappa shape index (κ3) is 7.02. The number of thioether (sulfide) groups is 1. The van der Waals surface area contributed by atoms with E-state index >= 15 is 0 Å². The van der Waals surface area contributed by atoms with Gasteiger partial charge in [0, 0.05) is 23.5 Å². The van der Waals surface area contributed by atoms with Crippen LogP contribution in [0.25, 0.3) is 15.9 Å². The van der Waals surface area contributed by atoms with Gasteiger partial charge in [-0.05, 0) is 87.8 Å². The number of nitrogens with one attached hydrogen (secondary N) is 2. The van der Waals surface area contributed by atoms with Gasteiger partial charge >= 0.3 is 0 Å². The van der Waals surface area contributed by atoms with E-state index < -0.39 is 10.0 Å². The number of aromatic nitrogens is 2. The van der Waals surface area contributed by atoms with Crippen LogP contribution in [-0.4, -0.2) is 42.0 Å². The zero-order chi connectivity index (χ0) is 31.6. The molecule has 9 nitrogen and oxygen atoms in total. The number of sulfonamides is 1. The molecule has 0 saturated carbocycles. The van der Waals surface area contributed by atoms with Crippen LogP contribution in [-0.2, 0) is 27.7 Å². The number of amides is 1. The molecule has 1 aliphatic carbocycles. The highest BCUT2D eigenvalue weighted by Crippen LogP contribution is 2.35. The van der Waals surface area contributed by atoms with E-state index in [9.17, 15) is 18.0 Å². The summed E-state index contributed by atoms with van der Waals surface area (Å²) < 4.78 is 30.4. The smallest absolute Gasteiger partial charge is 0.267 e. The molecular weight excluding hydrogens is 627 g/mol. The molecule has 0 spiro atoms. The van der Waals surface area contributed by atoms with Crippen LogP contribution in [0.4, 0.5) is 5.69 Å². The fourth-order valence-corrected chi connectivity index (χ4v) is 9.21. The van der Waals surface area contributed by atoms with Gasteiger partial charge in [-0.2, -0.15) is 0 Å². The highest BCUT2D eigenvalue weighted by atomic mass is 32.2. The monoisotopic (exact) mass is 663 g/mol. The van der Waals surface area contributed by atoms with Gasteiger partial charge in [-0.15, -0.1) is 11.3 Å². The van der Waals surface area contributed by atoms with E-state index in [0.29, 0.717) is 35.0 Å². The maximum absolute atomic E-state index is 14.2. The summed E-state index contributed by atoms with van der Waals surface area (Å²) in [5.41, 5.74) is 4.19. The summed E-state index contributed by atoms with van der Waals surface area (Å²) in [6, 6.07) is 12.1. The van der Waals surface area contributed by atoms with Gasteiger partial charge in [0.05, 0.1) is 21.7 Å². The second-order valence-electron chi connectivity index (χ2n) is 11.7. The van der Waals surface area contributed by atoms with Crippen molar-refractivity contribution in [1.82, 2.24) is 14.3 Å². The van der Waals surface area contributed by atoms with Crippen molar-refractivity contribution in [2.24, 2.45) is 4.99 Å². The van der Waals surface area contributed by atoms with E-state index in [1.54, 1.807) is 28.0 Å². The first-order chi connectivity index (χ1) is 21.7. The van der Waals surface area contributed by atoms with Gasteiger partial charge < -0.3 is 5.32 Å². The predicted molar refractivity (Wildman–Crippen MR) is 183 cm³/mol. The molecule has 12 heteroatoms. The van der Waals surface area contributed by atoms with Gasteiger partial charge in [-0.1, -0.05) is 48.4 Å². The summed E-state index contributed by atoms with van der Waals surface area (Å²) >= 11 is 2.79. The van der Waals surface area contributed by atoms with Crippen molar-refractivity contribution in [3.63, 3.8) is 0 Å². The van der Waals surface area contributed by atoms with E-state index in [0.717, 1.165) is 78.6 Å². The molecule has 0 radical (unpaired) electrons. The van der Waals surface area contributed by atoms with Crippen LogP contribution in [0.1, 0.15) is 66.5 Å². The zero-order valence-electron chi connectivity index (χ0n) is 25.5. The Labute approximate surface area is 271 Å². The van der Waals surface area contributed by atoms with Gasteiger partial charge in [-0.25, -0.2) is 13.4 Å². The molecular formula is C33H37N5O4S3. The molecule has 236 valence electrons. The first kappa shape index (κ1) is 31.5. The SMILES string of the molecule is Cc1ccc(-n2c(SCC(=O)Nc3cccc(S(=O)(=O)NC4=NCCCCC4)c3)nc3sc4c(c3c2=O)CCCCC4)c(C)c1. The molecule has 0 unspecified atom stereocenters. The van der Waals surface area contributed by atoms with Crippen LogP contribution < -0.4 is 15.6 Å². The van der Waals surface area contributed by atoms with E-state index in [4.69, 9.17) is 4.98 Å². The topological polar surface area (TPSA) is 123 Å². The van der Waals surface area contributed by atoms with Gasteiger partial charge in [-0.3, -0.25) is 23.9 Å². The standard InChI is InChI=1S/C33H37N5O4S3/c1-21-15-16-26(22(2)18-21)38-32(40)30-25-12-5-3-6-13-27(25)44-31(30)36-33(38)43-20-29(39)35-23-10-9-11-24(19-23)45(41,42)37-28-14-7-4-8-17-34-28/h9-11,15-16,18-19H,3-8,12-14,17,20H2,1-2H3,(H,34,37)(H,35,39). The molecule has 2 aromatic heterocycles. The number of amidine groups is 1. The molecule has 3 heterocycles. The molecule has 2 aliphatic rings. The minimum atomic E-state index is -3.85. The van der Waals surface area contributed by atoms with Crippen LogP contribution in [0, 0.1) is 13.8 Å². The molecule has 0 bridgehead atoms. The third-order valence-corrected chi connectivity index (χ3v) is 11.7. The van der Waals surface area contributed by atoms with Crippen LogP contribution in [0.5, 0.6) is 0 Å². The normalized spacial score (nSPS) is 15.6. The van der Waals surface area contributed by atoms with Crippen molar-refractivity contribution in [1.29, 1.82) is 0 Å². The maximum Gasteiger partial charge on any atom is 0.267 e. The number of aryl methyl sites for hydroxylation is 4. The van der Waals surface area contributed by atoms with Crippen molar-refractivity contribution in [3.8, 4) is 5.69 Å². The minimum Gasteiger partial charge on any atom is -0.325 e. The Balaban J connectivity index is 1.25.